The highest BCUT2D eigenvalue weighted by Gasteiger charge is 2.26. The van der Waals surface area contributed by atoms with E-state index in [4.69, 9.17) is 4.74 Å². The van der Waals surface area contributed by atoms with Crippen molar-refractivity contribution in [1.82, 2.24) is 9.97 Å². The van der Waals surface area contributed by atoms with Crippen LogP contribution in [0.25, 0.3) is 11.0 Å². The second-order valence-corrected chi connectivity index (χ2v) is 5.12. The van der Waals surface area contributed by atoms with Crippen molar-refractivity contribution in [1.29, 1.82) is 0 Å². The normalized spacial score (nSPS) is 11.7. The maximum Gasteiger partial charge on any atom is 0.390 e. The highest BCUT2D eigenvalue weighted by atomic mass is 19.4. The van der Waals surface area contributed by atoms with Crippen molar-refractivity contribution in [2.75, 3.05) is 11.9 Å². The largest absolute Gasteiger partial charge is 0.457 e. The first-order chi connectivity index (χ1) is 11.4. The zero-order valence-electron chi connectivity index (χ0n) is 12.3. The van der Waals surface area contributed by atoms with Crippen molar-refractivity contribution in [2.45, 2.75) is 12.6 Å². The Kier molecular flexibility index (Phi) is 4.28. The molecule has 3 aromatic rings. The third kappa shape index (κ3) is 3.95. The van der Waals surface area contributed by atoms with Crippen molar-refractivity contribution < 1.29 is 22.3 Å². The first-order valence-electron chi connectivity index (χ1n) is 7.12. The molecule has 0 saturated heterocycles. The van der Waals surface area contributed by atoms with E-state index >= 15 is 0 Å². The van der Waals surface area contributed by atoms with Crippen LogP contribution < -0.4 is 10.1 Å². The van der Waals surface area contributed by atoms with Gasteiger partial charge in [-0.15, -0.1) is 0 Å². The van der Waals surface area contributed by atoms with Crippen LogP contribution in [0.2, 0.25) is 0 Å². The van der Waals surface area contributed by atoms with Crippen molar-refractivity contribution in [3.05, 3.63) is 48.5 Å². The molecule has 0 atom stereocenters. The number of anilines is 1. The lowest BCUT2D eigenvalue weighted by atomic mass is 10.2. The number of aromatic nitrogens is 2. The summed E-state index contributed by atoms with van der Waals surface area (Å²) in [5, 5.41) is 2.71. The minimum Gasteiger partial charge on any atom is -0.457 e. The molecule has 0 saturated carbocycles. The number of alkyl halides is 3. The predicted molar refractivity (Wildman–Crippen MR) is 81.7 cm³/mol. The smallest absolute Gasteiger partial charge is 0.390 e. The highest BCUT2D eigenvalue weighted by Crippen LogP contribution is 2.31. The van der Waals surface area contributed by atoms with Crippen molar-refractivity contribution in [2.24, 2.45) is 0 Å². The molecule has 0 radical (unpaired) electrons. The summed E-state index contributed by atoms with van der Waals surface area (Å²) in [6, 6.07) is 8.76. The van der Waals surface area contributed by atoms with Gasteiger partial charge in [0.1, 0.15) is 22.8 Å². The average molecular weight is 339 g/mol. The van der Waals surface area contributed by atoms with Gasteiger partial charge >= 0.3 is 6.18 Å². The molecule has 1 heterocycles. The van der Waals surface area contributed by atoms with Crippen LogP contribution in [0.5, 0.6) is 11.5 Å². The van der Waals surface area contributed by atoms with Gasteiger partial charge in [0.15, 0.2) is 0 Å². The summed E-state index contributed by atoms with van der Waals surface area (Å²) in [4.78, 5) is 6.96. The van der Waals surface area contributed by atoms with E-state index < -0.39 is 18.4 Å². The molecule has 0 aliphatic rings. The van der Waals surface area contributed by atoms with Gasteiger partial charge in [0.25, 0.3) is 0 Å². The number of H-pyrrole nitrogens is 1. The average Bonchev–Trinajstić information content (AvgIpc) is 2.94. The third-order valence-electron chi connectivity index (χ3n) is 3.25. The molecule has 8 heteroatoms. The van der Waals surface area contributed by atoms with Gasteiger partial charge in [-0.2, -0.15) is 13.2 Å². The Hall–Kier alpha value is -2.77. The molecular weight excluding hydrogens is 326 g/mol. The molecule has 0 aliphatic heterocycles. The molecule has 0 amide bonds. The van der Waals surface area contributed by atoms with Crippen LogP contribution in [-0.2, 0) is 0 Å². The summed E-state index contributed by atoms with van der Waals surface area (Å²) in [5.74, 6) is 0.195. The fraction of sp³-hybridized carbons (Fsp3) is 0.188. The summed E-state index contributed by atoms with van der Waals surface area (Å²) < 4.78 is 55.7. The number of rotatable bonds is 5. The zero-order valence-corrected chi connectivity index (χ0v) is 12.3. The van der Waals surface area contributed by atoms with E-state index in [1.807, 2.05) is 0 Å². The van der Waals surface area contributed by atoms with Crippen molar-refractivity contribution in [3.8, 4) is 11.5 Å². The van der Waals surface area contributed by atoms with Crippen LogP contribution in [0.1, 0.15) is 6.42 Å². The van der Waals surface area contributed by atoms with Gasteiger partial charge in [-0.25, -0.2) is 9.37 Å². The minimum atomic E-state index is -4.24. The first kappa shape index (κ1) is 16.1. The first-order valence-corrected chi connectivity index (χ1v) is 7.12. The molecule has 126 valence electrons. The summed E-state index contributed by atoms with van der Waals surface area (Å²) in [7, 11) is 0. The Labute approximate surface area is 134 Å². The maximum atomic E-state index is 13.2. The van der Waals surface area contributed by atoms with Crippen molar-refractivity contribution >= 4 is 16.7 Å². The number of aromatic amines is 1. The summed E-state index contributed by atoms with van der Waals surface area (Å²) >= 11 is 0. The lowest BCUT2D eigenvalue weighted by Gasteiger charge is -2.12. The van der Waals surface area contributed by atoms with Gasteiger partial charge in [0.2, 0.25) is 0 Å². The molecule has 0 fully saturated rings. The van der Waals surface area contributed by atoms with Gasteiger partial charge in [-0.05, 0) is 12.1 Å². The highest BCUT2D eigenvalue weighted by molar-refractivity contribution is 5.89. The molecule has 3 rings (SSSR count). The summed E-state index contributed by atoms with van der Waals surface area (Å²) in [5.41, 5.74) is 1.51. The van der Waals surface area contributed by atoms with Crippen LogP contribution in [0, 0.1) is 5.82 Å². The van der Waals surface area contributed by atoms with E-state index in [9.17, 15) is 17.6 Å². The number of hydrogen-bond acceptors (Lipinski definition) is 3. The van der Waals surface area contributed by atoms with E-state index in [1.54, 1.807) is 12.1 Å². The molecule has 4 nitrogen and oxygen atoms in total. The molecule has 2 N–H and O–H groups in total. The van der Waals surface area contributed by atoms with E-state index in [-0.39, 0.29) is 12.3 Å². The second-order valence-electron chi connectivity index (χ2n) is 5.12. The Morgan fingerprint density at radius 3 is 2.71 bits per heavy atom. The minimum absolute atomic E-state index is 0.283. The van der Waals surface area contributed by atoms with E-state index in [1.165, 1.54) is 30.6 Å². The SMILES string of the molecule is Fc1cccc(Oc2cc(NCCC(F)(F)F)c3nc[nH]c3c2)c1. The van der Waals surface area contributed by atoms with Crippen LogP contribution in [0.4, 0.5) is 23.2 Å². The van der Waals surface area contributed by atoms with E-state index in [0.717, 1.165) is 0 Å². The van der Waals surface area contributed by atoms with Gasteiger partial charge in [-0.3, -0.25) is 0 Å². The van der Waals surface area contributed by atoms with Gasteiger partial charge in [0.05, 0.1) is 24.0 Å². The summed E-state index contributed by atoms with van der Waals surface area (Å²) in [6.45, 7) is -0.283. The lowest BCUT2D eigenvalue weighted by molar-refractivity contribution is -0.131. The van der Waals surface area contributed by atoms with Gasteiger partial charge in [0, 0.05) is 24.7 Å². The number of nitrogens with one attached hydrogen (secondary N) is 2. The van der Waals surface area contributed by atoms with Crippen LogP contribution >= 0.6 is 0 Å². The second kappa shape index (κ2) is 6.38. The zero-order chi connectivity index (χ0) is 17.2. The van der Waals surface area contributed by atoms with Gasteiger partial charge in [-0.1, -0.05) is 6.07 Å². The number of hydrogen-bond donors (Lipinski definition) is 2. The fourth-order valence-corrected chi connectivity index (χ4v) is 2.22. The molecule has 0 spiro atoms. The van der Waals surface area contributed by atoms with Crippen molar-refractivity contribution in [3.63, 3.8) is 0 Å². The Morgan fingerprint density at radius 1 is 1.12 bits per heavy atom. The molecule has 0 aliphatic carbocycles. The van der Waals surface area contributed by atoms with Gasteiger partial charge < -0.3 is 15.0 Å². The Balaban J connectivity index is 1.84. The number of benzene rings is 2. The Morgan fingerprint density at radius 2 is 1.96 bits per heavy atom. The third-order valence-corrected chi connectivity index (χ3v) is 3.25. The quantitative estimate of drug-likeness (QED) is 0.653. The number of nitrogens with zero attached hydrogens (tertiary/aromatic N) is 1. The molecule has 0 unspecified atom stereocenters. The predicted octanol–water partition coefficient (Wildman–Crippen LogP) is 4.86. The van der Waals surface area contributed by atoms with Crippen LogP contribution in [-0.4, -0.2) is 22.7 Å². The summed E-state index contributed by atoms with van der Waals surface area (Å²) in [6.07, 6.45) is -3.77. The van der Waals surface area contributed by atoms with E-state index in [0.29, 0.717) is 22.5 Å². The molecular formula is C16H13F4N3O. The standard InChI is InChI=1S/C16H13F4N3O/c17-10-2-1-3-11(6-10)24-12-7-13(21-5-4-16(18,19)20)15-14(8-12)22-9-23-15/h1-3,6-9,21H,4-5H2,(H,22,23). The maximum absolute atomic E-state index is 13.2. The Bertz CT molecular complexity index is 845. The molecule has 2 aromatic carbocycles. The number of fused-ring (bicyclic) bond motifs is 1. The number of imidazole rings is 1. The topological polar surface area (TPSA) is 49.9 Å². The molecule has 24 heavy (non-hydrogen) atoms. The van der Waals surface area contributed by atoms with Crippen LogP contribution in [0.3, 0.4) is 0 Å². The number of ether oxygens (including phenoxy) is 1. The molecule has 0 bridgehead atoms. The fourth-order valence-electron chi connectivity index (χ4n) is 2.22. The number of halogens is 4. The van der Waals surface area contributed by atoms with Crippen LogP contribution in [0.15, 0.2) is 42.7 Å². The molecule has 1 aromatic heterocycles. The monoisotopic (exact) mass is 339 g/mol. The van der Waals surface area contributed by atoms with E-state index in [2.05, 4.69) is 15.3 Å². The lowest BCUT2D eigenvalue weighted by Crippen LogP contribution is -2.14.